The minimum Gasteiger partial charge on any atom is -0.330 e. The normalized spacial score (nSPS) is 12.7. The zero-order chi connectivity index (χ0) is 14.7. The van der Waals surface area contributed by atoms with Crippen LogP contribution in [-0.4, -0.2) is 16.5 Å². The monoisotopic (exact) mass is 333 g/mol. The van der Waals surface area contributed by atoms with Gasteiger partial charge in [0.25, 0.3) is 0 Å². The van der Waals surface area contributed by atoms with Crippen molar-refractivity contribution < 1.29 is 0 Å². The molecule has 0 radical (unpaired) electrons. The summed E-state index contributed by atoms with van der Waals surface area (Å²) >= 11 is 3.51. The Labute approximate surface area is 128 Å². The van der Waals surface area contributed by atoms with Crippen LogP contribution in [0.5, 0.6) is 0 Å². The zero-order valence-electron chi connectivity index (χ0n) is 12.1. The lowest BCUT2D eigenvalue weighted by molar-refractivity contribution is 0.483. The van der Waals surface area contributed by atoms with Crippen LogP contribution in [0.25, 0.3) is 11.3 Å². The average Bonchev–Trinajstić information content (AvgIpc) is 2.42. The molecular weight excluding hydrogens is 314 g/mol. The number of rotatable bonds is 4. The maximum atomic E-state index is 5.86. The lowest BCUT2D eigenvalue weighted by Crippen LogP contribution is -2.20. The second-order valence-electron chi connectivity index (χ2n) is 5.35. The molecule has 4 heteroatoms. The van der Waals surface area contributed by atoms with Gasteiger partial charge in [0.1, 0.15) is 5.82 Å². The van der Waals surface area contributed by atoms with E-state index in [0.29, 0.717) is 12.5 Å². The Morgan fingerprint density at radius 3 is 2.65 bits per heavy atom. The van der Waals surface area contributed by atoms with E-state index in [-0.39, 0.29) is 5.92 Å². The van der Waals surface area contributed by atoms with Gasteiger partial charge in [0, 0.05) is 28.7 Å². The Bertz CT molecular complexity index is 596. The molecule has 1 heterocycles. The van der Waals surface area contributed by atoms with Crippen LogP contribution in [0, 0.1) is 12.8 Å². The fourth-order valence-corrected chi connectivity index (χ4v) is 2.61. The van der Waals surface area contributed by atoms with Gasteiger partial charge in [-0.05, 0) is 36.6 Å². The predicted octanol–water partition coefficient (Wildman–Crippen LogP) is 3.91. The molecule has 2 aromatic rings. The van der Waals surface area contributed by atoms with E-state index in [1.807, 2.05) is 18.3 Å². The summed E-state index contributed by atoms with van der Waals surface area (Å²) in [6.45, 7) is 6.96. The van der Waals surface area contributed by atoms with Crippen molar-refractivity contribution in [1.82, 2.24) is 9.97 Å². The Hall–Kier alpha value is -1.26. The molecule has 2 rings (SSSR count). The molecule has 0 fully saturated rings. The van der Waals surface area contributed by atoms with Gasteiger partial charge in [-0.2, -0.15) is 0 Å². The van der Waals surface area contributed by atoms with Crippen molar-refractivity contribution >= 4 is 15.9 Å². The minimum atomic E-state index is 0.197. The van der Waals surface area contributed by atoms with Gasteiger partial charge < -0.3 is 5.73 Å². The van der Waals surface area contributed by atoms with Gasteiger partial charge in [0.05, 0.1) is 5.69 Å². The van der Waals surface area contributed by atoms with E-state index in [0.717, 1.165) is 21.6 Å². The SMILES string of the molecule is Cc1ccc(Br)cc1-c1ccnc(C(CN)C(C)C)n1. The molecule has 1 aromatic carbocycles. The summed E-state index contributed by atoms with van der Waals surface area (Å²) in [5, 5.41) is 0. The second-order valence-corrected chi connectivity index (χ2v) is 6.26. The Balaban J connectivity index is 2.46. The summed E-state index contributed by atoms with van der Waals surface area (Å²) in [4.78, 5) is 9.13. The summed E-state index contributed by atoms with van der Waals surface area (Å²) in [5.41, 5.74) is 9.14. The molecule has 2 N–H and O–H groups in total. The maximum Gasteiger partial charge on any atom is 0.133 e. The van der Waals surface area contributed by atoms with Crippen LogP contribution in [0.3, 0.4) is 0 Å². The molecule has 20 heavy (non-hydrogen) atoms. The van der Waals surface area contributed by atoms with Gasteiger partial charge >= 0.3 is 0 Å². The van der Waals surface area contributed by atoms with Gasteiger partial charge in [-0.25, -0.2) is 9.97 Å². The van der Waals surface area contributed by atoms with Gasteiger partial charge in [-0.15, -0.1) is 0 Å². The second kappa shape index (κ2) is 6.46. The molecule has 0 aliphatic heterocycles. The van der Waals surface area contributed by atoms with Crippen molar-refractivity contribution in [3.8, 4) is 11.3 Å². The largest absolute Gasteiger partial charge is 0.330 e. The van der Waals surface area contributed by atoms with Crippen LogP contribution in [0.2, 0.25) is 0 Å². The van der Waals surface area contributed by atoms with Gasteiger partial charge in [-0.3, -0.25) is 0 Å². The molecule has 0 aliphatic rings. The van der Waals surface area contributed by atoms with E-state index in [9.17, 15) is 0 Å². The van der Waals surface area contributed by atoms with Crippen LogP contribution in [-0.2, 0) is 0 Å². The third-order valence-electron chi connectivity index (χ3n) is 3.54. The van der Waals surface area contributed by atoms with Crippen molar-refractivity contribution in [2.24, 2.45) is 11.7 Å². The maximum absolute atomic E-state index is 5.86. The van der Waals surface area contributed by atoms with Crippen molar-refractivity contribution in [3.63, 3.8) is 0 Å². The number of hydrogen-bond acceptors (Lipinski definition) is 3. The molecule has 0 spiro atoms. The van der Waals surface area contributed by atoms with E-state index < -0.39 is 0 Å². The predicted molar refractivity (Wildman–Crippen MR) is 86.5 cm³/mol. The van der Waals surface area contributed by atoms with E-state index >= 15 is 0 Å². The highest BCUT2D eigenvalue weighted by Crippen LogP contribution is 2.27. The van der Waals surface area contributed by atoms with Crippen LogP contribution >= 0.6 is 15.9 Å². The summed E-state index contributed by atoms with van der Waals surface area (Å²) < 4.78 is 1.05. The third-order valence-corrected chi connectivity index (χ3v) is 4.03. The van der Waals surface area contributed by atoms with Gasteiger partial charge in [-0.1, -0.05) is 35.8 Å². The van der Waals surface area contributed by atoms with Crippen LogP contribution in [0.15, 0.2) is 34.9 Å². The number of aryl methyl sites for hydroxylation is 1. The standard InChI is InChI=1S/C16H20BrN3/c1-10(2)14(9-18)16-19-7-6-15(20-16)13-8-12(17)5-4-11(13)3/h4-8,10,14H,9,18H2,1-3H3. The van der Waals surface area contributed by atoms with Crippen molar-refractivity contribution in [3.05, 3.63) is 46.3 Å². The number of benzene rings is 1. The number of halogens is 1. The van der Waals surface area contributed by atoms with Crippen LogP contribution < -0.4 is 5.73 Å². The number of nitrogens with two attached hydrogens (primary N) is 1. The summed E-state index contributed by atoms with van der Waals surface area (Å²) in [6, 6.07) is 8.17. The first-order valence-electron chi connectivity index (χ1n) is 6.82. The van der Waals surface area contributed by atoms with Crippen molar-refractivity contribution in [1.29, 1.82) is 0 Å². The molecule has 3 nitrogen and oxygen atoms in total. The van der Waals surface area contributed by atoms with E-state index in [1.165, 1.54) is 5.56 Å². The Morgan fingerprint density at radius 1 is 1.25 bits per heavy atom. The molecule has 0 saturated carbocycles. The smallest absolute Gasteiger partial charge is 0.133 e. The van der Waals surface area contributed by atoms with E-state index in [1.54, 1.807) is 0 Å². The number of hydrogen-bond donors (Lipinski definition) is 1. The highest BCUT2D eigenvalue weighted by Gasteiger charge is 2.17. The molecule has 1 unspecified atom stereocenters. The molecule has 1 atom stereocenters. The summed E-state index contributed by atoms with van der Waals surface area (Å²) in [5.74, 6) is 1.46. The van der Waals surface area contributed by atoms with E-state index in [4.69, 9.17) is 10.7 Å². The summed E-state index contributed by atoms with van der Waals surface area (Å²) in [7, 11) is 0. The molecule has 0 saturated heterocycles. The fraction of sp³-hybridized carbons (Fsp3) is 0.375. The summed E-state index contributed by atoms with van der Waals surface area (Å²) in [6.07, 6.45) is 1.82. The van der Waals surface area contributed by atoms with Gasteiger partial charge in [0.15, 0.2) is 0 Å². The molecule has 0 bridgehead atoms. The lowest BCUT2D eigenvalue weighted by Gasteiger charge is -2.18. The first kappa shape index (κ1) is 15.1. The molecular formula is C16H20BrN3. The first-order chi connectivity index (χ1) is 9.52. The molecule has 0 aliphatic carbocycles. The van der Waals surface area contributed by atoms with Gasteiger partial charge in [0.2, 0.25) is 0 Å². The van der Waals surface area contributed by atoms with Crippen molar-refractivity contribution in [2.75, 3.05) is 6.54 Å². The fourth-order valence-electron chi connectivity index (χ4n) is 2.25. The minimum absolute atomic E-state index is 0.197. The number of aromatic nitrogens is 2. The third kappa shape index (κ3) is 3.25. The first-order valence-corrected chi connectivity index (χ1v) is 7.61. The van der Waals surface area contributed by atoms with Crippen LogP contribution in [0.1, 0.15) is 31.2 Å². The van der Waals surface area contributed by atoms with Crippen molar-refractivity contribution in [2.45, 2.75) is 26.7 Å². The number of nitrogens with zero attached hydrogens (tertiary/aromatic N) is 2. The van der Waals surface area contributed by atoms with Crippen LogP contribution in [0.4, 0.5) is 0 Å². The Kier molecular flexibility index (Phi) is 4.89. The molecule has 1 aromatic heterocycles. The molecule has 0 amide bonds. The average molecular weight is 334 g/mol. The zero-order valence-corrected chi connectivity index (χ0v) is 13.7. The quantitative estimate of drug-likeness (QED) is 0.922. The highest BCUT2D eigenvalue weighted by molar-refractivity contribution is 9.10. The lowest BCUT2D eigenvalue weighted by atomic mass is 9.95. The highest BCUT2D eigenvalue weighted by atomic mass is 79.9. The topological polar surface area (TPSA) is 51.8 Å². The molecule has 106 valence electrons. The van der Waals surface area contributed by atoms with E-state index in [2.05, 4.69) is 53.8 Å². The Morgan fingerprint density at radius 2 is 2.00 bits per heavy atom.